The van der Waals surface area contributed by atoms with Gasteiger partial charge in [0.15, 0.2) is 0 Å². The number of aromatic amines is 4. The Morgan fingerprint density at radius 1 is 0.579 bits per heavy atom. The highest BCUT2D eigenvalue weighted by Gasteiger charge is 2.19. The Balaban J connectivity index is 1.70. The minimum absolute atomic E-state index is 0.380. The van der Waals surface area contributed by atoms with Crippen molar-refractivity contribution < 1.29 is 0 Å². The molecule has 8 bridgehead atoms. The van der Waals surface area contributed by atoms with Crippen molar-refractivity contribution >= 4 is 71.1 Å². The molecule has 4 N–H and O–H groups in total. The maximum atomic E-state index is 3.82. The van der Waals surface area contributed by atoms with E-state index in [1.807, 2.05) is 0 Å². The number of alkyl halides is 2. The summed E-state index contributed by atoms with van der Waals surface area (Å²) in [5.41, 5.74) is 7.93. The van der Waals surface area contributed by atoms with Crippen molar-refractivity contribution in [3.05, 3.63) is 127 Å². The monoisotopic (exact) mass is 692 g/mol. The molecule has 1 aromatic carbocycles. The largest absolute Gasteiger partial charge is 0.355 e. The molecule has 4 nitrogen and oxygen atoms in total. The Kier molecular flexibility index (Phi) is 7.50. The average Bonchev–Trinajstić information content (AvgIpc) is 3.71. The Bertz CT molecular complexity index is 1810. The molecule has 0 radical (unpaired) electrons. The average molecular weight is 695 g/mol. The lowest BCUT2D eigenvalue weighted by molar-refractivity contribution is 0.633. The summed E-state index contributed by atoms with van der Waals surface area (Å²) in [7, 11) is 0. The third-order valence-corrected chi connectivity index (χ3v) is 8.48. The molecule has 0 saturated carbocycles. The topological polar surface area (TPSA) is 63.2 Å². The lowest BCUT2D eigenvalue weighted by atomic mass is 9.91. The number of nitrogens with one attached hydrogen (secondary N) is 4. The van der Waals surface area contributed by atoms with Crippen LogP contribution in [-0.2, 0) is 0 Å². The molecule has 5 heterocycles. The smallest absolute Gasteiger partial charge is 0.0485 e. The number of hydrogen-bond donors (Lipinski definition) is 4. The molecule has 0 fully saturated rings. The van der Waals surface area contributed by atoms with Crippen LogP contribution in [0.2, 0.25) is 0 Å². The number of H-pyrrole nitrogens is 4. The summed E-state index contributed by atoms with van der Waals surface area (Å²) in [5, 5.41) is 6.24. The highest BCUT2D eigenvalue weighted by atomic mass is 79.9. The first-order valence-electron chi connectivity index (χ1n) is 12.7. The van der Waals surface area contributed by atoms with Crippen molar-refractivity contribution in [1.29, 1.82) is 0 Å². The maximum Gasteiger partial charge on any atom is 0.0485 e. The van der Waals surface area contributed by atoms with Crippen molar-refractivity contribution in [1.82, 2.24) is 19.9 Å². The van der Waals surface area contributed by atoms with Crippen LogP contribution >= 0.6 is 47.8 Å². The number of hydrogen-bond acceptors (Lipinski definition) is 0. The van der Waals surface area contributed by atoms with Crippen LogP contribution in [0, 0.1) is 5.92 Å². The summed E-state index contributed by atoms with van der Waals surface area (Å²) in [5.74, 6) is 0.380. The van der Waals surface area contributed by atoms with Gasteiger partial charge in [0.2, 0.25) is 0 Å². The standard InChI is InChI=1S/C31H27Br3N4/c32-15-13-20(14-16-33)31-27-10-8-25(37-27)18-23-6-5-22(35-23)17-24-7-9-26(36-24)30(28-11-12-29(31)38-28)19-1-3-21(34)4-2-19/h1-12,17-18,20,35-38H,13-16H2. The van der Waals surface area contributed by atoms with Gasteiger partial charge in [-0.25, -0.2) is 0 Å². The van der Waals surface area contributed by atoms with E-state index >= 15 is 0 Å². The molecule has 6 rings (SSSR count). The molecule has 0 spiro atoms. The Labute approximate surface area is 246 Å². The van der Waals surface area contributed by atoms with Gasteiger partial charge < -0.3 is 19.9 Å². The first-order valence-corrected chi connectivity index (χ1v) is 15.7. The molecule has 192 valence electrons. The second-order valence-corrected chi connectivity index (χ2v) is 12.0. The molecular weight excluding hydrogens is 668 g/mol. The van der Waals surface area contributed by atoms with Crippen molar-refractivity contribution in [2.75, 3.05) is 10.7 Å². The van der Waals surface area contributed by atoms with E-state index in [1.54, 1.807) is 0 Å². The number of benzene rings is 1. The van der Waals surface area contributed by atoms with E-state index in [9.17, 15) is 0 Å². The normalized spacial score (nSPS) is 13.1. The van der Waals surface area contributed by atoms with Gasteiger partial charge in [-0.3, -0.25) is 0 Å². The zero-order chi connectivity index (χ0) is 26.1. The quantitative estimate of drug-likeness (QED) is 0.173. The van der Waals surface area contributed by atoms with E-state index in [-0.39, 0.29) is 0 Å². The predicted molar refractivity (Wildman–Crippen MR) is 167 cm³/mol. The fourth-order valence-electron chi connectivity index (χ4n) is 5.28. The number of aromatic nitrogens is 4. The summed E-state index contributed by atoms with van der Waals surface area (Å²) in [6.45, 7) is 0. The first-order chi connectivity index (χ1) is 18.6. The maximum absolute atomic E-state index is 3.82. The van der Waals surface area contributed by atoms with Gasteiger partial charge in [0, 0.05) is 70.5 Å². The third kappa shape index (κ3) is 5.24. The van der Waals surface area contributed by atoms with Gasteiger partial charge in [-0.15, -0.1) is 0 Å². The summed E-state index contributed by atoms with van der Waals surface area (Å²) in [4.78, 5) is 14.7. The van der Waals surface area contributed by atoms with Crippen LogP contribution in [0.15, 0.2) is 77.3 Å². The highest BCUT2D eigenvalue weighted by Crippen LogP contribution is 2.28. The number of halogens is 3. The Hall–Kier alpha value is -2.74. The van der Waals surface area contributed by atoms with Crippen molar-refractivity contribution in [3.8, 4) is 0 Å². The number of rotatable bonds is 6. The third-order valence-electron chi connectivity index (χ3n) is 7.03. The summed E-state index contributed by atoms with van der Waals surface area (Å²) in [6, 6.07) is 25.9. The summed E-state index contributed by atoms with van der Waals surface area (Å²) >= 11 is 11.0. The minimum Gasteiger partial charge on any atom is -0.355 e. The molecule has 0 saturated heterocycles. The minimum atomic E-state index is 0.380. The van der Waals surface area contributed by atoms with E-state index < -0.39 is 0 Å². The van der Waals surface area contributed by atoms with E-state index in [0.29, 0.717) is 5.92 Å². The SMILES string of the molecule is BrCCC(CCBr)C1=c2ccc([nH]2)=C(c2ccc(Br)cc2)c2ccc([nH]2)C=c2ccc([nH]2)=Cc2ccc1[nH]2. The molecule has 4 aromatic heterocycles. The van der Waals surface area contributed by atoms with Crippen molar-refractivity contribution in [2.24, 2.45) is 5.92 Å². The van der Waals surface area contributed by atoms with Crippen LogP contribution < -0.4 is 21.4 Å². The molecule has 38 heavy (non-hydrogen) atoms. The lowest BCUT2D eigenvalue weighted by Gasteiger charge is -2.18. The Morgan fingerprint density at radius 3 is 1.84 bits per heavy atom. The molecule has 7 heteroatoms. The molecule has 0 atom stereocenters. The van der Waals surface area contributed by atoms with Gasteiger partial charge in [0.25, 0.3) is 0 Å². The second-order valence-electron chi connectivity index (χ2n) is 9.55. The summed E-state index contributed by atoms with van der Waals surface area (Å²) < 4.78 is 1.06. The van der Waals surface area contributed by atoms with Crippen molar-refractivity contribution in [2.45, 2.75) is 12.8 Å². The molecule has 5 aromatic rings. The van der Waals surface area contributed by atoms with Crippen LogP contribution in [0.3, 0.4) is 0 Å². The van der Waals surface area contributed by atoms with Crippen LogP contribution in [0.25, 0.3) is 23.3 Å². The molecule has 0 unspecified atom stereocenters. The first kappa shape index (κ1) is 25.5. The number of fused-ring (bicyclic) bond motifs is 8. The lowest BCUT2D eigenvalue weighted by Crippen LogP contribution is -2.21. The van der Waals surface area contributed by atoms with Crippen molar-refractivity contribution in [3.63, 3.8) is 0 Å². The van der Waals surface area contributed by atoms with Gasteiger partial charge >= 0.3 is 0 Å². The summed E-state index contributed by atoms with van der Waals surface area (Å²) in [6.07, 6.45) is 6.40. The van der Waals surface area contributed by atoms with E-state index in [1.165, 1.54) is 5.57 Å². The van der Waals surface area contributed by atoms with Gasteiger partial charge in [0.1, 0.15) is 0 Å². The fourth-order valence-corrected chi connectivity index (χ4v) is 6.65. The van der Waals surface area contributed by atoms with E-state index in [2.05, 4.69) is 153 Å². The molecule has 0 amide bonds. The van der Waals surface area contributed by atoms with Crippen LogP contribution in [0.1, 0.15) is 41.2 Å². The van der Waals surface area contributed by atoms with Gasteiger partial charge in [-0.1, -0.05) is 59.9 Å². The second kappa shape index (κ2) is 11.2. The zero-order valence-corrected chi connectivity index (χ0v) is 25.4. The molecule has 1 aliphatic rings. The van der Waals surface area contributed by atoms with E-state index in [0.717, 1.165) is 83.3 Å². The van der Waals surface area contributed by atoms with Crippen LogP contribution in [0.4, 0.5) is 0 Å². The fraction of sp³-hybridized carbons (Fsp3) is 0.161. The predicted octanol–water partition coefficient (Wildman–Crippen LogP) is 5.37. The van der Waals surface area contributed by atoms with Crippen LogP contribution in [-0.4, -0.2) is 30.6 Å². The van der Waals surface area contributed by atoms with Gasteiger partial charge in [-0.2, -0.15) is 0 Å². The molecular formula is C31H27Br3N4. The van der Waals surface area contributed by atoms with Crippen LogP contribution in [0.5, 0.6) is 0 Å². The van der Waals surface area contributed by atoms with Gasteiger partial charge in [0.05, 0.1) is 0 Å². The highest BCUT2D eigenvalue weighted by molar-refractivity contribution is 9.10. The van der Waals surface area contributed by atoms with Gasteiger partial charge in [-0.05, 0) is 97.1 Å². The van der Waals surface area contributed by atoms with E-state index in [4.69, 9.17) is 0 Å². The zero-order valence-electron chi connectivity index (χ0n) is 20.6. The Morgan fingerprint density at radius 2 is 1.18 bits per heavy atom. The molecule has 1 aliphatic heterocycles. The molecule has 0 aliphatic carbocycles.